The predicted molar refractivity (Wildman–Crippen MR) is 74.5 cm³/mol. The molecule has 5 heteroatoms. The van der Waals surface area contributed by atoms with Crippen molar-refractivity contribution in [3.8, 4) is 0 Å². The van der Waals surface area contributed by atoms with Crippen LogP contribution in [0, 0.1) is 17.8 Å². The Morgan fingerprint density at radius 1 is 1.25 bits per heavy atom. The molecule has 0 aromatic carbocycles. The zero-order chi connectivity index (χ0) is 14.7. The van der Waals surface area contributed by atoms with Crippen molar-refractivity contribution in [3.05, 3.63) is 12.2 Å². The van der Waals surface area contributed by atoms with Crippen LogP contribution in [0.2, 0.25) is 0 Å². The number of rotatable bonds is 5. The molecule has 1 fully saturated rings. The van der Waals surface area contributed by atoms with Crippen LogP contribution in [0.5, 0.6) is 0 Å². The normalized spacial score (nSPS) is 25.2. The molecule has 2 rings (SSSR count). The van der Waals surface area contributed by atoms with E-state index >= 15 is 0 Å². The van der Waals surface area contributed by atoms with E-state index in [9.17, 15) is 14.4 Å². The lowest BCUT2D eigenvalue weighted by atomic mass is 9.85. The molecule has 2 atom stereocenters. The third-order valence-corrected chi connectivity index (χ3v) is 3.87. The maximum absolute atomic E-state index is 12.2. The number of hydrogen-bond donors (Lipinski definition) is 1. The summed E-state index contributed by atoms with van der Waals surface area (Å²) in [5, 5.41) is 2.80. The van der Waals surface area contributed by atoms with Gasteiger partial charge in [-0.2, -0.15) is 0 Å². The van der Waals surface area contributed by atoms with Crippen LogP contribution in [0.25, 0.3) is 0 Å². The first-order chi connectivity index (χ1) is 9.50. The molecule has 110 valence electrons. The number of amides is 3. The lowest BCUT2D eigenvalue weighted by molar-refractivity contribution is -0.140. The third-order valence-electron chi connectivity index (χ3n) is 3.87. The third kappa shape index (κ3) is 3.08. The van der Waals surface area contributed by atoms with Crippen LogP contribution in [0.3, 0.4) is 0 Å². The fraction of sp³-hybridized carbons (Fsp3) is 0.667. The molecule has 5 nitrogen and oxygen atoms in total. The Morgan fingerprint density at radius 3 is 2.30 bits per heavy atom. The quantitative estimate of drug-likeness (QED) is 0.605. The molecule has 0 spiro atoms. The number of nitrogens with zero attached hydrogens (tertiary/aromatic N) is 1. The molecule has 3 amide bonds. The molecular formula is C15H22N2O3. The van der Waals surface area contributed by atoms with Gasteiger partial charge in [0.1, 0.15) is 0 Å². The molecule has 0 aromatic heterocycles. The standard InChI is InChI=1S/C15H22N2O3/c1-10(2)9-16-13(18)7-8-17-14(19)11-5-3-4-6-12(11)15(17)20/h3-4,10-12H,5-9H2,1-2H3,(H,16,18)/t11-,12-/m0/s1. The fourth-order valence-electron chi connectivity index (χ4n) is 2.71. The van der Waals surface area contributed by atoms with Gasteiger partial charge in [-0.05, 0) is 18.8 Å². The topological polar surface area (TPSA) is 66.5 Å². The lowest BCUT2D eigenvalue weighted by Gasteiger charge is -2.14. The van der Waals surface area contributed by atoms with Gasteiger partial charge in [-0.3, -0.25) is 19.3 Å². The van der Waals surface area contributed by atoms with Gasteiger partial charge in [-0.25, -0.2) is 0 Å². The SMILES string of the molecule is CC(C)CNC(=O)CCN1C(=O)[C@H]2CC=CC[C@@H]2C1=O. The second-order valence-electron chi connectivity index (χ2n) is 5.93. The van der Waals surface area contributed by atoms with E-state index in [-0.39, 0.29) is 42.5 Å². The maximum Gasteiger partial charge on any atom is 0.233 e. The van der Waals surface area contributed by atoms with E-state index in [1.165, 1.54) is 4.90 Å². The van der Waals surface area contributed by atoms with Gasteiger partial charge >= 0.3 is 0 Å². The monoisotopic (exact) mass is 278 g/mol. The summed E-state index contributed by atoms with van der Waals surface area (Å²) in [5.41, 5.74) is 0. The highest BCUT2D eigenvalue weighted by atomic mass is 16.2. The number of nitrogens with one attached hydrogen (secondary N) is 1. The van der Waals surface area contributed by atoms with E-state index in [0.29, 0.717) is 25.3 Å². The molecule has 0 unspecified atom stereocenters. The van der Waals surface area contributed by atoms with Crippen LogP contribution in [-0.4, -0.2) is 35.7 Å². The van der Waals surface area contributed by atoms with Gasteiger partial charge in [0.05, 0.1) is 11.8 Å². The number of hydrogen-bond acceptors (Lipinski definition) is 3. The van der Waals surface area contributed by atoms with Crippen LogP contribution in [0.1, 0.15) is 33.1 Å². The van der Waals surface area contributed by atoms with E-state index in [0.717, 1.165) is 0 Å². The van der Waals surface area contributed by atoms with Crippen molar-refractivity contribution in [3.63, 3.8) is 0 Å². The van der Waals surface area contributed by atoms with Gasteiger partial charge in [0, 0.05) is 19.5 Å². The smallest absolute Gasteiger partial charge is 0.233 e. The summed E-state index contributed by atoms with van der Waals surface area (Å²) < 4.78 is 0. The average Bonchev–Trinajstić information content (AvgIpc) is 2.67. The van der Waals surface area contributed by atoms with Crippen molar-refractivity contribution in [1.29, 1.82) is 0 Å². The molecule has 20 heavy (non-hydrogen) atoms. The Bertz CT molecular complexity index is 416. The van der Waals surface area contributed by atoms with E-state index in [1.54, 1.807) is 0 Å². The molecule has 1 aliphatic heterocycles. The zero-order valence-electron chi connectivity index (χ0n) is 12.1. The Balaban J connectivity index is 1.86. The molecular weight excluding hydrogens is 256 g/mol. The first-order valence-electron chi connectivity index (χ1n) is 7.27. The van der Waals surface area contributed by atoms with E-state index in [1.807, 2.05) is 26.0 Å². The van der Waals surface area contributed by atoms with Crippen molar-refractivity contribution in [1.82, 2.24) is 10.2 Å². The van der Waals surface area contributed by atoms with E-state index in [2.05, 4.69) is 5.32 Å². The van der Waals surface area contributed by atoms with Crippen molar-refractivity contribution in [2.24, 2.45) is 17.8 Å². The largest absolute Gasteiger partial charge is 0.356 e. The van der Waals surface area contributed by atoms with Gasteiger partial charge in [0.2, 0.25) is 17.7 Å². The number of likely N-dealkylation sites (tertiary alicyclic amines) is 1. The lowest BCUT2D eigenvalue weighted by Crippen LogP contribution is -2.36. The van der Waals surface area contributed by atoms with Crippen molar-refractivity contribution in [2.45, 2.75) is 33.1 Å². The number of allylic oxidation sites excluding steroid dienone is 2. The summed E-state index contributed by atoms with van der Waals surface area (Å²) in [6.45, 7) is 4.86. The van der Waals surface area contributed by atoms with Crippen LogP contribution in [-0.2, 0) is 14.4 Å². The average molecular weight is 278 g/mol. The molecule has 0 saturated carbocycles. The first-order valence-corrected chi connectivity index (χ1v) is 7.27. The Kier molecular flexibility index (Phi) is 4.57. The number of carbonyl (C=O) groups is 3. The van der Waals surface area contributed by atoms with Gasteiger partial charge in [0.25, 0.3) is 0 Å². The maximum atomic E-state index is 12.2. The van der Waals surface area contributed by atoms with Crippen LogP contribution in [0.15, 0.2) is 12.2 Å². The molecule has 2 aliphatic rings. The zero-order valence-corrected chi connectivity index (χ0v) is 12.1. The first kappa shape index (κ1) is 14.8. The minimum absolute atomic E-state index is 0.104. The van der Waals surface area contributed by atoms with E-state index in [4.69, 9.17) is 0 Å². The Labute approximate surface area is 119 Å². The summed E-state index contributed by atoms with van der Waals surface area (Å²) in [6, 6.07) is 0. The van der Waals surface area contributed by atoms with Gasteiger partial charge in [-0.15, -0.1) is 0 Å². The molecule has 0 bridgehead atoms. The van der Waals surface area contributed by atoms with Gasteiger partial charge in [-0.1, -0.05) is 26.0 Å². The molecule has 1 N–H and O–H groups in total. The summed E-state index contributed by atoms with van der Waals surface area (Å²) >= 11 is 0. The highest BCUT2D eigenvalue weighted by Crippen LogP contribution is 2.34. The van der Waals surface area contributed by atoms with E-state index < -0.39 is 0 Å². The minimum Gasteiger partial charge on any atom is -0.356 e. The molecule has 1 heterocycles. The summed E-state index contributed by atoms with van der Waals surface area (Å²) in [5.74, 6) is -0.338. The second kappa shape index (κ2) is 6.20. The summed E-state index contributed by atoms with van der Waals surface area (Å²) in [6.07, 6.45) is 5.41. The number of imide groups is 1. The van der Waals surface area contributed by atoms with Crippen molar-refractivity contribution >= 4 is 17.7 Å². The highest BCUT2D eigenvalue weighted by Gasteiger charge is 2.46. The predicted octanol–water partition coefficient (Wildman–Crippen LogP) is 1.10. The molecule has 0 aromatic rings. The molecule has 1 saturated heterocycles. The molecule has 0 radical (unpaired) electrons. The second-order valence-corrected chi connectivity index (χ2v) is 5.93. The number of carbonyl (C=O) groups excluding carboxylic acids is 3. The van der Waals surface area contributed by atoms with Crippen LogP contribution < -0.4 is 5.32 Å². The van der Waals surface area contributed by atoms with Crippen molar-refractivity contribution in [2.75, 3.05) is 13.1 Å². The fourth-order valence-corrected chi connectivity index (χ4v) is 2.71. The minimum atomic E-state index is -0.203. The Hall–Kier alpha value is -1.65. The number of fused-ring (bicyclic) bond motifs is 1. The van der Waals surface area contributed by atoms with Crippen LogP contribution in [0.4, 0.5) is 0 Å². The van der Waals surface area contributed by atoms with Gasteiger partial charge < -0.3 is 5.32 Å². The summed E-state index contributed by atoms with van der Waals surface area (Å²) in [7, 11) is 0. The molecule has 1 aliphatic carbocycles. The van der Waals surface area contributed by atoms with Crippen LogP contribution >= 0.6 is 0 Å². The van der Waals surface area contributed by atoms with Gasteiger partial charge in [0.15, 0.2) is 0 Å². The summed E-state index contributed by atoms with van der Waals surface area (Å²) in [4.78, 5) is 37.3. The Morgan fingerprint density at radius 2 is 1.80 bits per heavy atom. The van der Waals surface area contributed by atoms with Crippen molar-refractivity contribution < 1.29 is 14.4 Å². The highest BCUT2D eigenvalue weighted by molar-refractivity contribution is 6.05.